The summed E-state index contributed by atoms with van der Waals surface area (Å²) in [5, 5.41) is 0. The van der Waals surface area contributed by atoms with Crippen LogP contribution in [0, 0.1) is 0 Å². The zero-order valence-electron chi connectivity index (χ0n) is 8.36. The summed E-state index contributed by atoms with van der Waals surface area (Å²) >= 11 is 0. The molecule has 1 aromatic rings. The smallest absolute Gasteiger partial charge is 0.389 e. The largest absolute Gasteiger partial charge is 0.493 e. The first-order chi connectivity index (χ1) is 7.58. The van der Waals surface area contributed by atoms with Crippen LogP contribution in [0.3, 0.4) is 0 Å². The average Bonchev–Trinajstić information content (AvgIpc) is 2.16. The number of halogens is 2. The Hall–Kier alpha value is -1.85. The van der Waals surface area contributed by atoms with Crippen molar-refractivity contribution in [1.82, 2.24) is 0 Å². The third-order valence-corrected chi connectivity index (χ3v) is 1.65. The number of benzene rings is 1. The first-order valence-corrected chi connectivity index (χ1v) is 4.54. The minimum Gasteiger partial charge on any atom is -0.493 e. The first-order valence-electron chi connectivity index (χ1n) is 4.54. The number of ether oxygens (including phenoxy) is 2. The number of nitrogens with two attached hydrogens (primary N) is 1. The van der Waals surface area contributed by atoms with Crippen molar-refractivity contribution in [3.63, 3.8) is 0 Å². The summed E-state index contributed by atoms with van der Waals surface area (Å²) in [6, 6.07) is 6.58. The van der Waals surface area contributed by atoms with Gasteiger partial charge in [0.25, 0.3) is 0 Å². The summed E-state index contributed by atoms with van der Waals surface area (Å²) < 4.78 is 31.9. The number of hydrogen-bond acceptors (Lipinski definition) is 4. The van der Waals surface area contributed by atoms with E-state index in [-0.39, 0.29) is 13.0 Å². The molecule has 0 spiro atoms. The predicted molar refractivity (Wildman–Crippen MR) is 53.1 cm³/mol. The monoisotopic (exact) mass is 231 g/mol. The Balaban J connectivity index is 2.28. The zero-order chi connectivity index (χ0) is 12.0. The van der Waals surface area contributed by atoms with Crippen LogP contribution in [0.15, 0.2) is 24.3 Å². The Bertz CT molecular complexity index is 358. The number of carbonyl (C=O) groups excluding carboxylic acids is 1. The second-order valence-electron chi connectivity index (χ2n) is 2.92. The van der Waals surface area contributed by atoms with Gasteiger partial charge in [-0.05, 0) is 12.1 Å². The van der Waals surface area contributed by atoms with E-state index in [0.29, 0.717) is 11.4 Å². The Morgan fingerprint density at radius 3 is 2.81 bits per heavy atom. The molecule has 0 heterocycles. The lowest BCUT2D eigenvalue weighted by atomic mass is 10.3. The highest BCUT2D eigenvalue weighted by Crippen LogP contribution is 2.14. The molecule has 6 heteroatoms. The third-order valence-electron chi connectivity index (χ3n) is 1.65. The van der Waals surface area contributed by atoms with Gasteiger partial charge < -0.3 is 15.2 Å². The van der Waals surface area contributed by atoms with E-state index in [1.807, 2.05) is 0 Å². The van der Waals surface area contributed by atoms with E-state index in [2.05, 4.69) is 4.74 Å². The first kappa shape index (κ1) is 12.2. The molecule has 0 aliphatic rings. The molecule has 4 nitrogen and oxygen atoms in total. The molecule has 0 unspecified atom stereocenters. The van der Waals surface area contributed by atoms with Gasteiger partial charge in [-0.15, -0.1) is 0 Å². The van der Waals surface area contributed by atoms with Crippen molar-refractivity contribution < 1.29 is 23.0 Å². The Kier molecular flexibility index (Phi) is 4.50. The van der Waals surface area contributed by atoms with Crippen LogP contribution in [0.2, 0.25) is 0 Å². The van der Waals surface area contributed by atoms with Crippen LogP contribution in [0.25, 0.3) is 0 Å². The van der Waals surface area contributed by atoms with Gasteiger partial charge in [0.05, 0.1) is 13.0 Å². The maximum Gasteiger partial charge on any atom is 0.389 e. The van der Waals surface area contributed by atoms with Gasteiger partial charge in [0.15, 0.2) is 0 Å². The van der Waals surface area contributed by atoms with E-state index in [1.165, 1.54) is 0 Å². The summed E-state index contributed by atoms with van der Waals surface area (Å²) in [5.41, 5.74) is 6.01. The molecule has 88 valence electrons. The average molecular weight is 231 g/mol. The molecule has 2 N–H and O–H groups in total. The van der Waals surface area contributed by atoms with Crippen LogP contribution in [-0.4, -0.2) is 19.2 Å². The fourth-order valence-corrected chi connectivity index (χ4v) is 1.01. The topological polar surface area (TPSA) is 61.5 Å². The number of rotatable bonds is 5. The highest BCUT2D eigenvalue weighted by atomic mass is 19.3. The van der Waals surface area contributed by atoms with E-state index in [4.69, 9.17) is 10.5 Å². The molecule has 0 bridgehead atoms. The van der Waals surface area contributed by atoms with Gasteiger partial charge in [-0.25, -0.2) is 0 Å². The van der Waals surface area contributed by atoms with Crippen LogP contribution in [0.4, 0.5) is 14.5 Å². The molecule has 0 aromatic heterocycles. The molecule has 0 saturated carbocycles. The lowest BCUT2D eigenvalue weighted by molar-refractivity contribution is -0.176. The molecule has 0 atom stereocenters. The van der Waals surface area contributed by atoms with Crippen molar-refractivity contribution in [2.24, 2.45) is 0 Å². The summed E-state index contributed by atoms with van der Waals surface area (Å²) in [6.45, 7) is -3.12. The second kappa shape index (κ2) is 5.89. The third kappa shape index (κ3) is 4.59. The van der Waals surface area contributed by atoms with Crippen LogP contribution in [0.1, 0.15) is 6.42 Å². The van der Waals surface area contributed by atoms with E-state index in [1.54, 1.807) is 24.3 Å². The van der Waals surface area contributed by atoms with Gasteiger partial charge in [0, 0.05) is 11.8 Å². The van der Waals surface area contributed by atoms with Gasteiger partial charge in [-0.1, -0.05) is 6.07 Å². The van der Waals surface area contributed by atoms with E-state index in [0.717, 1.165) is 0 Å². The molecule has 0 aliphatic heterocycles. The fraction of sp³-hybridized carbons (Fsp3) is 0.300. The minimum atomic E-state index is -3.08. The van der Waals surface area contributed by atoms with Gasteiger partial charge in [0.2, 0.25) is 0 Å². The van der Waals surface area contributed by atoms with Crippen molar-refractivity contribution in [2.45, 2.75) is 13.0 Å². The molecule has 0 radical (unpaired) electrons. The van der Waals surface area contributed by atoms with E-state index >= 15 is 0 Å². The molecule has 1 rings (SSSR count). The summed E-state index contributed by atoms with van der Waals surface area (Å²) in [5.74, 6) is -0.524. The van der Waals surface area contributed by atoms with Crippen molar-refractivity contribution in [2.75, 3.05) is 12.3 Å². The molecule has 0 amide bonds. The highest BCUT2D eigenvalue weighted by molar-refractivity contribution is 5.69. The maximum atomic E-state index is 11.6. The zero-order valence-corrected chi connectivity index (χ0v) is 8.36. The molecular weight excluding hydrogens is 220 g/mol. The maximum absolute atomic E-state index is 11.6. The molecular formula is C10H11F2NO3. The van der Waals surface area contributed by atoms with Crippen LogP contribution < -0.4 is 10.5 Å². The SMILES string of the molecule is Nc1cccc(OCCC(=O)OC(F)F)c1. The standard InChI is InChI=1S/C10H11F2NO3/c11-10(12)16-9(14)4-5-15-8-3-1-2-7(13)6-8/h1-3,6,10H,4-5,13H2. The summed E-state index contributed by atoms with van der Waals surface area (Å²) in [4.78, 5) is 10.7. The van der Waals surface area contributed by atoms with Gasteiger partial charge >= 0.3 is 12.6 Å². The second-order valence-corrected chi connectivity index (χ2v) is 2.92. The van der Waals surface area contributed by atoms with Crippen LogP contribution >= 0.6 is 0 Å². The van der Waals surface area contributed by atoms with Crippen molar-refractivity contribution in [3.8, 4) is 5.75 Å². The lowest BCUT2D eigenvalue weighted by Gasteiger charge is -2.06. The number of alkyl halides is 2. The van der Waals surface area contributed by atoms with E-state index < -0.39 is 12.6 Å². The Morgan fingerprint density at radius 1 is 1.44 bits per heavy atom. The minimum absolute atomic E-state index is 0.0327. The molecule has 0 saturated heterocycles. The predicted octanol–water partition coefficient (Wildman–Crippen LogP) is 1.80. The van der Waals surface area contributed by atoms with Gasteiger partial charge in [-0.2, -0.15) is 8.78 Å². The van der Waals surface area contributed by atoms with Crippen LogP contribution in [-0.2, 0) is 9.53 Å². The molecule has 0 aliphatic carbocycles. The Labute approximate surface area is 91.0 Å². The number of carbonyl (C=O) groups is 1. The molecule has 1 aromatic carbocycles. The normalized spacial score (nSPS) is 10.2. The van der Waals surface area contributed by atoms with Gasteiger partial charge in [0.1, 0.15) is 5.75 Å². The van der Waals surface area contributed by atoms with Crippen molar-refractivity contribution >= 4 is 11.7 Å². The number of hydrogen-bond donors (Lipinski definition) is 1. The quantitative estimate of drug-likeness (QED) is 0.620. The van der Waals surface area contributed by atoms with Crippen LogP contribution in [0.5, 0.6) is 5.75 Å². The Morgan fingerprint density at radius 2 is 2.19 bits per heavy atom. The van der Waals surface area contributed by atoms with E-state index in [9.17, 15) is 13.6 Å². The van der Waals surface area contributed by atoms with Crippen molar-refractivity contribution in [1.29, 1.82) is 0 Å². The molecule has 16 heavy (non-hydrogen) atoms. The lowest BCUT2D eigenvalue weighted by Crippen LogP contribution is -2.12. The van der Waals surface area contributed by atoms with Gasteiger partial charge in [-0.3, -0.25) is 4.79 Å². The van der Waals surface area contributed by atoms with Crippen molar-refractivity contribution in [3.05, 3.63) is 24.3 Å². The molecule has 0 fully saturated rings. The summed E-state index contributed by atoms with van der Waals surface area (Å²) in [7, 11) is 0. The fourth-order valence-electron chi connectivity index (χ4n) is 1.01. The number of nitrogen functional groups attached to an aromatic ring is 1. The number of anilines is 1. The highest BCUT2D eigenvalue weighted by Gasteiger charge is 2.10. The summed E-state index contributed by atoms with van der Waals surface area (Å²) in [6.07, 6.45) is -0.237. The number of esters is 1.